The normalized spacial score (nSPS) is 25.1. The zero-order chi connectivity index (χ0) is 21.6. The number of nitrogens with zero attached hydrogens (tertiary/aromatic N) is 1. The number of aromatic hydroxyl groups is 1. The highest BCUT2D eigenvalue weighted by atomic mass is 16.5. The fourth-order valence-electron chi connectivity index (χ4n) is 3.27. The molecule has 1 aliphatic heterocycles. The molecule has 1 heterocycles. The first-order chi connectivity index (χ1) is 13.7. The van der Waals surface area contributed by atoms with Crippen molar-refractivity contribution in [1.29, 1.82) is 0 Å². The van der Waals surface area contributed by atoms with Crippen LogP contribution >= 0.6 is 0 Å². The zero-order valence-electron chi connectivity index (χ0n) is 17.0. The van der Waals surface area contributed by atoms with Crippen LogP contribution in [-0.4, -0.2) is 44.8 Å². The molecule has 0 aliphatic carbocycles. The molecule has 1 aliphatic rings. The van der Waals surface area contributed by atoms with Gasteiger partial charge in [-0.2, -0.15) is 5.06 Å². The van der Waals surface area contributed by atoms with E-state index in [1.54, 1.807) is 18.2 Å². The maximum atomic E-state index is 12.9. The van der Waals surface area contributed by atoms with Gasteiger partial charge in [-0.1, -0.05) is 62.3 Å². The molecule has 0 amide bonds. The van der Waals surface area contributed by atoms with Gasteiger partial charge < -0.3 is 15.4 Å². The third-order valence-corrected chi connectivity index (χ3v) is 5.15. The van der Waals surface area contributed by atoms with Gasteiger partial charge in [0.2, 0.25) is 0 Å². The maximum Gasteiger partial charge on any atom is 0.170 e. The third-order valence-electron chi connectivity index (χ3n) is 5.15. The molecule has 3 N–H and O–H groups in total. The molecule has 1 fully saturated rings. The smallest absolute Gasteiger partial charge is 0.170 e. The summed E-state index contributed by atoms with van der Waals surface area (Å²) in [7, 11) is 0. The van der Waals surface area contributed by atoms with Crippen LogP contribution in [0.15, 0.2) is 60.2 Å². The highest BCUT2D eigenvalue weighted by Crippen LogP contribution is 2.31. The van der Waals surface area contributed by atoms with Crippen molar-refractivity contribution in [2.75, 3.05) is 6.54 Å². The van der Waals surface area contributed by atoms with E-state index in [2.05, 4.69) is 19.9 Å². The Kier molecular flexibility index (Phi) is 8.08. The van der Waals surface area contributed by atoms with Gasteiger partial charge in [0.1, 0.15) is 17.9 Å². The van der Waals surface area contributed by atoms with Gasteiger partial charge in [0.15, 0.2) is 11.6 Å². The quantitative estimate of drug-likeness (QED) is 0.369. The van der Waals surface area contributed by atoms with E-state index in [0.29, 0.717) is 16.5 Å². The first-order valence-electron chi connectivity index (χ1n) is 9.77. The van der Waals surface area contributed by atoms with E-state index in [4.69, 9.17) is 0 Å². The number of Topliss-reactive ketones (excluding diaryl/α,β-unsaturated/α-hetero) is 1. The standard InChI is InChI=1S/C23H29NO5/c1-4-15(2)13-16(3)7-5-6-8-20(26)21-22(27)19(14-24(29)23(21)28)17-9-11-18(25)12-10-17/h5-13,15,19,21,23,25,28-29H,4,14H2,1-3H3. The SMILES string of the molecule is CCC(C)C=C(C)C=CC=CC(=O)C1C(=O)C(c2ccc(O)cc2)CN(O)C1O. The van der Waals surface area contributed by atoms with Gasteiger partial charge in [0, 0.05) is 6.54 Å². The number of aliphatic hydroxyl groups is 1. The highest BCUT2D eigenvalue weighted by molar-refractivity contribution is 6.10. The first kappa shape index (κ1) is 22.7. The summed E-state index contributed by atoms with van der Waals surface area (Å²) in [6, 6.07) is 6.00. The van der Waals surface area contributed by atoms with E-state index in [1.807, 2.05) is 13.0 Å². The van der Waals surface area contributed by atoms with Crippen LogP contribution in [0.25, 0.3) is 0 Å². The van der Waals surface area contributed by atoms with Crippen LogP contribution in [-0.2, 0) is 9.59 Å². The van der Waals surface area contributed by atoms with E-state index in [-0.39, 0.29) is 12.3 Å². The molecular weight excluding hydrogens is 370 g/mol. The third kappa shape index (κ3) is 5.97. The average molecular weight is 399 g/mol. The Labute approximate surface area is 171 Å². The molecule has 0 radical (unpaired) electrons. The summed E-state index contributed by atoms with van der Waals surface area (Å²) >= 11 is 0. The van der Waals surface area contributed by atoms with Crippen molar-refractivity contribution in [3.8, 4) is 5.75 Å². The summed E-state index contributed by atoms with van der Waals surface area (Å²) in [6.07, 6.45) is 7.93. The number of carbonyl (C=O) groups is 2. The van der Waals surface area contributed by atoms with Gasteiger partial charge in [0.25, 0.3) is 0 Å². The topological polar surface area (TPSA) is 98.1 Å². The molecule has 1 saturated heterocycles. The lowest BCUT2D eigenvalue weighted by molar-refractivity contribution is -0.227. The van der Waals surface area contributed by atoms with Gasteiger partial charge >= 0.3 is 0 Å². The van der Waals surface area contributed by atoms with Gasteiger partial charge in [0.05, 0.1) is 5.92 Å². The molecule has 1 aromatic rings. The van der Waals surface area contributed by atoms with Crippen LogP contribution in [0.5, 0.6) is 5.75 Å². The summed E-state index contributed by atoms with van der Waals surface area (Å²) < 4.78 is 0. The summed E-state index contributed by atoms with van der Waals surface area (Å²) in [4.78, 5) is 25.4. The molecule has 156 valence electrons. The Morgan fingerprint density at radius 1 is 1.24 bits per heavy atom. The minimum Gasteiger partial charge on any atom is -0.508 e. The molecule has 6 heteroatoms. The molecule has 2 rings (SSSR count). The molecule has 29 heavy (non-hydrogen) atoms. The highest BCUT2D eigenvalue weighted by Gasteiger charge is 2.45. The van der Waals surface area contributed by atoms with Crippen molar-refractivity contribution < 1.29 is 25.0 Å². The number of benzene rings is 1. The predicted molar refractivity (Wildman–Crippen MR) is 110 cm³/mol. The second-order valence-corrected chi connectivity index (χ2v) is 7.48. The van der Waals surface area contributed by atoms with Crippen LogP contribution < -0.4 is 0 Å². The number of ketones is 2. The fraction of sp³-hybridized carbons (Fsp3) is 0.391. The summed E-state index contributed by atoms with van der Waals surface area (Å²) in [5.74, 6) is -2.67. The van der Waals surface area contributed by atoms with Gasteiger partial charge in [-0.3, -0.25) is 9.59 Å². The number of hydrogen-bond acceptors (Lipinski definition) is 6. The van der Waals surface area contributed by atoms with Crippen molar-refractivity contribution in [1.82, 2.24) is 5.06 Å². The predicted octanol–water partition coefficient (Wildman–Crippen LogP) is 3.36. The van der Waals surface area contributed by atoms with Crippen LogP contribution in [0.1, 0.15) is 38.7 Å². The fourth-order valence-corrected chi connectivity index (χ4v) is 3.27. The van der Waals surface area contributed by atoms with E-state index in [0.717, 1.165) is 12.0 Å². The van der Waals surface area contributed by atoms with Crippen molar-refractivity contribution in [3.63, 3.8) is 0 Å². The molecule has 4 atom stereocenters. The molecule has 0 spiro atoms. The van der Waals surface area contributed by atoms with E-state index >= 15 is 0 Å². The van der Waals surface area contributed by atoms with Gasteiger partial charge in [-0.05, 0) is 36.6 Å². The van der Waals surface area contributed by atoms with Crippen LogP contribution in [0, 0.1) is 11.8 Å². The minimum atomic E-state index is -1.59. The number of rotatable bonds is 7. The Balaban J connectivity index is 2.13. The average Bonchev–Trinajstić information content (AvgIpc) is 2.69. The van der Waals surface area contributed by atoms with Gasteiger partial charge in [-0.25, -0.2) is 0 Å². The number of allylic oxidation sites excluding steroid dienone is 6. The van der Waals surface area contributed by atoms with E-state index in [1.165, 1.54) is 24.3 Å². The second-order valence-electron chi connectivity index (χ2n) is 7.48. The van der Waals surface area contributed by atoms with E-state index in [9.17, 15) is 25.0 Å². The second kappa shape index (κ2) is 10.3. The number of hydrogen-bond donors (Lipinski definition) is 3. The number of aliphatic hydroxyl groups excluding tert-OH is 1. The molecule has 0 bridgehead atoms. The zero-order valence-corrected chi connectivity index (χ0v) is 17.0. The molecular formula is C23H29NO5. The monoisotopic (exact) mass is 399 g/mol. The van der Waals surface area contributed by atoms with Crippen molar-refractivity contribution in [2.45, 2.75) is 39.3 Å². The maximum absolute atomic E-state index is 12.9. The number of carbonyl (C=O) groups excluding carboxylic acids is 2. The van der Waals surface area contributed by atoms with Gasteiger partial charge in [-0.15, -0.1) is 0 Å². The number of phenols is 1. The number of hydroxylamine groups is 2. The Hall–Kier alpha value is -2.54. The Morgan fingerprint density at radius 3 is 2.48 bits per heavy atom. The Bertz CT molecular complexity index is 809. The molecule has 0 aromatic heterocycles. The lowest BCUT2D eigenvalue weighted by Gasteiger charge is -2.36. The largest absolute Gasteiger partial charge is 0.508 e. The Morgan fingerprint density at radius 2 is 1.86 bits per heavy atom. The van der Waals surface area contributed by atoms with Crippen LogP contribution in [0.3, 0.4) is 0 Å². The van der Waals surface area contributed by atoms with Crippen molar-refractivity contribution in [2.24, 2.45) is 11.8 Å². The molecule has 4 unspecified atom stereocenters. The summed E-state index contributed by atoms with van der Waals surface area (Å²) in [5, 5.41) is 30.3. The van der Waals surface area contributed by atoms with Crippen LogP contribution in [0.4, 0.5) is 0 Å². The number of piperidine rings is 1. The minimum absolute atomic E-state index is 0.0536. The molecule has 6 nitrogen and oxygen atoms in total. The summed E-state index contributed by atoms with van der Waals surface area (Å²) in [6.45, 7) is 6.08. The lowest BCUT2D eigenvalue weighted by atomic mass is 9.80. The van der Waals surface area contributed by atoms with Crippen LogP contribution in [0.2, 0.25) is 0 Å². The van der Waals surface area contributed by atoms with Crippen molar-refractivity contribution in [3.05, 3.63) is 65.8 Å². The first-order valence-corrected chi connectivity index (χ1v) is 9.77. The molecule has 0 saturated carbocycles. The number of phenolic OH excluding ortho intramolecular Hbond substituents is 1. The van der Waals surface area contributed by atoms with Crippen molar-refractivity contribution >= 4 is 11.6 Å². The lowest BCUT2D eigenvalue weighted by Crippen LogP contribution is -2.54. The summed E-state index contributed by atoms with van der Waals surface area (Å²) in [5.41, 5.74) is 1.63. The molecule has 1 aromatic carbocycles. The van der Waals surface area contributed by atoms with E-state index < -0.39 is 29.6 Å².